The van der Waals surface area contributed by atoms with Gasteiger partial charge in [-0.3, -0.25) is 0 Å². The molecule has 0 spiro atoms. The molecule has 1 aliphatic rings. The van der Waals surface area contributed by atoms with E-state index in [2.05, 4.69) is 55.0 Å². The predicted molar refractivity (Wildman–Crippen MR) is 81.4 cm³/mol. The molecular formula is C16H27N3. The van der Waals surface area contributed by atoms with E-state index in [1.54, 1.807) is 0 Å². The molecule has 0 amide bonds. The van der Waals surface area contributed by atoms with Crippen molar-refractivity contribution in [1.29, 1.82) is 0 Å². The smallest absolute Gasteiger partial charge is 0.128 e. The van der Waals surface area contributed by atoms with Gasteiger partial charge in [0.1, 0.15) is 5.82 Å². The zero-order valence-corrected chi connectivity index (χ0v) is 12.7. The van der Waals surface area contributed by atoms with Crippen molar-refractivity contribution in [2.24, 2.45) is 5.92 Å². The number of pyridine rings is 1. The number of hydrogen-bond acceptors (Lipinski definition) is 3. The molecule has 0 aliphatic heterocycles. The van der Waals surface area contributed by atoms with Crippen LogP contribution < -0.4 is 10.2 Å². The third-order valence-corrected chi connectivity index (χ3v) is 3.46. The Labute approximate surface area is 117 Å². The number of anilines is 1. The van der Waals surface area contributed by atoms with Crippen LogP contribution >= 0.6 is 0 Å². The van der Waals surface area contributed by atoms with Crippen LogP contribution in [0.15, 0.2) is 18.3 Å². The van der Waals surface area contributed by atoms with Crippen molar-refractivity contribution in [2.75, 3.05) is 11.4 Å². The standard InChI is InChI=1S/C16H27N3/c1-12(2)11-19(13(3)4)16-8-5-14(10-18-16)9-17-15-6-7-15/h5,8,10,12-13,15,17H,6-7,9,11H2,1-4H3. The maximum Gasteiger partial charge on any atom is 0.128 e. The lowest BCUT2D eigenvalue weighted by Crippen LogP contribution is -2.34. The molecule has 0 saturated heterocycles. The first-order chi connectivity index (χ1) is 9.06. The Kier molecular flexibility index (Phi) is 4.81. The molecular weight excluding hydrogens is 234 g/mol. The molecule has 19 heavy (non-hydrogen) atoms. The van der Waals surface area contributed by atoms with Crippen molar-refractivity contribution in [3.05, 3.63) is 23.9 Å². The summed E-state index contributed by atoms with van der Waals surface area (Å²) in [5.41, 5.74) is 1.28. The third kappa shape index (κ3) is 4.50. The van der Waals surface area contributed by atoms with Crippen molar-refractivity contribution in [3.63, 3.8) is 0 Å². The second-order valence-electron chi connectivity index (χ2n) is 6.32. The highest BCUT2D eigenvalue weighted by atomic mass is 15.2. The maximum atomic E-state index is 4.64. The minimum atomic E-state index is 0.491. The van der Waals surface area contributed by atoms with Crippen LogP contribution in [0.2, 0.25) is 0 Å². The van der Waals surface area contributed by atoms with Gasteiger partial charge in [-0.25, -0.2) is 4.98 Å². The van der Waals surface area contributed by atoms with Crippen molar-refractivity contribution in [2.45, 2.75) is 59.2 Å². The molecule has 0 atom stereocenters. The van der Waals surface area contributed by atoms with Crippen molar-refractivity contribution in [1.82, 2.24) is 10.3 Å². The van der Waals surface area contributed by atoms with Crippen LogP contribution in [0, 0.1) is 5.92 Å². The summed E-state index contributed by atoms with van der Waals surface area (Å²) in [7, 11) is 0. The van der Waals surface area contributed by atoms with E-state index in [1.165, 1.54) is 18.4 Å². The summed E-state index contributed by atoms with van der Waals surface area (Å²) in [6.07, 6.45) is 4.68. The van der Waals surface area contributed by atoms with Crippen LogP contribution in [-0.4, -0.2) is 23.6 Å². The van der Waals surface area contributed by atoms with Crippen molar-refractivity contribution >= 4 is 5.82 Å². The Morgan fingerprint density at radius 2 is 2.00 bits per heavy atom. The van der Waals surface area contributed by atoms with E-state index in [1.807, 2.05) is 6.20 Å². The molecule has 3 heteroatoms. The highest BCUT2D eigenvalue weighted by Gasteiger charge is 2.20. The van der Waals surface area contributed by atoms with Crippen LogP contribution in [0.3, 0.4) is 0 Å². The summed E-state index contributed by atoms with van der Waals surface area (Å²) in [5, 5.41) is 3.52. The third-order valence-electron chi connectivity index (χ3n) is 3.46. The summed E-state index contributed by atoms with van der Waals surface area (Å²) >= 11 is 0. The zero-order valence-electron chi connectivity index (χ0n) is 12.7. The largest absolute Gasteiger partial charge is 0.354 e. The fourth-order valence-corrected chi connectivity index (χ4v) is 2.20. The van der Waals surface area contributed by atoms with E-state index in [0.717, 1.165) is 24.9 Å². The molecule has 1 saturated carbocycles. The summed E-state index contributed by atoms with van der Waals surface area (Å²) < 4.78 is 0. The number of aromatic nitrogens is 1. The van der Waals surface area contributed by atoms with Crippen LogP contribution in [0.4, 0.5) is 5.82 Å². The Morgan fingerprint density at radius 1 is 1.26 bits per heavy atom. The molecule has 1 heterocycles. The van der Waals surface area contributed by atoms with E-state index >= 15 is 0 Å². The molecule has 3 nitrogen and oxygen atoms in total. The summed E-state index contributed by atoms with van der Waals surface area (Å²) in [6, 6.07) is 5.61. The SMILES string of the molecule is CC(C)CN(c1ccc(CNC2CC2)cn1)C(C)C. The first-order valence-corrected chi connectivity index (χ1v) is 7.51. The van der Waals surface area contributed by atoms with Crippen LogP contribution in [0.5, 0.6) is 0 Å². The fraction of sp³-hybridized carbons (Fsp3) is 0.688. The Hall–Kier alpha value is -1.09. The van der Waals surface area contributed by atoms with Gasteiger partial charge in [-0.1, -0.05) is 19.9 Å². The zero-order chi connectivity index (χ0) is 13.8. The lowest BCUT2D eigenvalue weighted by molar-refractivity contribution is 0.566. The minimum absolute atomic E-state index is 0.491. The lowest BCUT2D eigenvalue weighted by Gasteiger charge is -2.29. The van der Waals surface area contributed by atoms with Crippen LogP contribution in [-0.2, 0) is 6.54 Å². The second-order valence-corrected chi connectivity index (χ2v) is 6.32. The molecule has 1 N–H and O–H groups in total. The monoisotopic (exact) mass is 261 g/mol. The normalized spacial score (nSPS) is 15.3. The molecule has 106 valence electrons. The van der Waals surface area contributed by atoms with Gasteiger partial charge in [0.25, 0.3) is 0 Å². The lowest BCUT2D eigenvalue weighted by atomic mass is 10.1. The van der Waals surface area contributed by atoms with Crippen LogP contribution in [0.1, 0.15) is 46.1 Å². The average Bonchev–Trinajstić information content (AvgIpc) is 3.18. The molecule has 0 radical (unpaired) electrons. The van der Waals surface area contributed by atoms with Gasteiger partial charge in [-0.05, 0) is 44.2 Å². The van der Waals surface area contributed by atoms with Gasteiger partial charge in [0, 0.05) is 31.4 Å². The molecule has 1 aromatic heterocycles. The molecule has 0 bridgehead atoms. The Bertz CT molecular complexity index is 379. The Balaban J connectivity index is 1.97. The second kappa shape index (κ2) is 6.38. The number of rotatable bonds is 7. The summed E-state index contributed by atoms with van der Waals surface area (Å²) in [6.45, 7) is 11.0. The maximum absolute atomic E-state index is 4.64. The van der Waals surface area contributed by atoms with Gasteiger partial charge in [0.05, 0.1) is 0 Å². The van der Waals surface area contributed by atoms with Crippen molar-refractivity contribution in [3.8, 4) is 0 Å². The highest BCUT2D eigenvalue weighted by molar-refractivity contribution is 5.40. The van der Waals surface area contributed by atoms with Gasteiger partial charge in [-0.2, -0.15) is 0 Å². The fourth-order valence-electron chi connectivity index (χ4n) is 2.20. The van der Waals surface area contributed by atoms with E-state index in [9.17, 15) is 0 Å². The Morgan fingerprint density at radius 3 is 2.47 bits per heavy atom. The van der Waals surface area contributed by atoms with E-state index in [-0.39, 0.29) is 0 Å². The van der Waals surface area contributed by atoms with Crippen molar-refractivity contribution < 1.29 is 0 Å². The van der Waals surface area contributed by atoms with Gasteiger partial charge in [-0.15, -0.1) is 0 Å². The topological polar surface area (TPSA) is 28.2 Å². The molecule has 0 aromatic carbocycles. The average molecular weight is 261 g/mol. The number of nitrogens with zero attached hydrogens (tertiary/aromatic N) is 2. The summed E-state index contributed by atoms with van der Waals surface area (Å²) in [4.78, 5) is 7.02. The number of nitrogens with one attached hydrogen (secondary N) is 1. The molecule has 1 aromatic rings. The molecule has 2 rings (SSSR count). The highest BCUT2D eigenvalue weighted by Crippen LogP contribution is 2.20. The van der Waals surface area contributed by atoms with Crippen LogP contribution in [0.25, 0.3) is 0 Å². The predicted octanol–water partition coefficient (Wildman–Crippen LogP) is 3.20. The number of hydrogen-bond donors (Lipinski definition) is 1. The molecule has 1 aliphatic carbocycles. The van der Waals surface area contributed by atoms with E-state index < -0.39 is 0 Å². The van der Waals surface area contributed by atoms with Gasteiger partial charge < -0.3 is 10.2 Å². The van der Waals surface area contributed by atoms with Gasteiger partial charge >= 0.3 is 0 Å². The quantitative estimate of drug-likeness (QED) is 0.817. The molecule has 1 fully saturated rings. The minimum Gasteiger partial charge on any atom is -0.354 e. The van der Waals surface area contributed by atoms with Gasteiger partial charge in [0.2, 0.25) is 0 Å². The first-order valence-electron chi connectivity index (χ1n) is 7.51. The van der Waals surface area contributed by atoms with Gasteiger partial charge in [0.15, 0.2) is 0 Å². The summed E-state index contributed by atoms with van der Waals surface area (Å²) in [5.74, 6) is 1.75. The van der Waals surface area contributed by atoms with E-state index in [0.29, 0.717) is 12.0 Å². The first kappa shape index (κ1) is 14.3. The molecule has 0 unspecified atom stereocenters. The van der Waals surface area contributed by atoms with E-state index in [4.69, 9.17) is 0 Å².